The first-order valence-electron chi connectivity index (χ1n) is 5.30. The van der Waals surface area contributed by atoms with E-state index < -0.39 is 0 Å². The van der Waals surface area contributed by atoms with E-state index in [1.165, 1.54) is 4.90 Å². The lowest BCUT2D eigenvalue weighted by Gasteiger charge is -2.16. The van der Waals surface area contributed by atoms with Crippen molar-refractivity contribution in [1.82, 2.24) is 15.1 Å². The topological polar surface area (TPSA) is 52.7 Å². The van der Waals surface area contributed by atoms with E-state index in [-0.39, 0.29) is 24.9 Å². The number of hydrogen-bond acceptors (Lipinski definition) is 3. The van der Waals surface area contributed by atoms with Gasteiger partial charge in [-0.15, -0.1) is 0 Å². The minimum atomic E-state index is -0.00998. The normalized spacial score (nSPS) is 15.5. The lowest BCUT2D eigenvalue weighted by Crippen LogP contribution is -2.40. The van der Waals surface area contributed by atoms with Gasteiger partial charge >= 0.3 is 0 Å². The van der Waals surface area contributed by atoms with Crippen LogP contribution in [-0.4, -0.2) is 61.9 Å². The Morgan fingerprint density at radius 2 is 1.80 bits per heavy atom. The largest absolute Gasteiger partial charge is 0.348 e. The Bertz CT molecular complexity index is 235. The molecule has 86 valence electrons. The summed E-state index contributed by atoms with van der Waals surface area (Å²) in [5.74, 6) is 0.0864. The summed E-state index contributed by atoms with van der Waals surface area (Å²) in [5, 5.41) is 2.86. The van der Waals surface area contributed by atoms with Gasteiger partial charge in [0, 0.05) is 27.2 Å². The zero-order chi connectivity index (χ0) is 11.3. The fraction of sp³-hybridized carbons (Fsp3) is 0.800. The molecule has 1 saturated heterocycles. The molecular formula is C10H19N3O2. The zero-order valence-corrected chi connectivity index (χ0v) is 9.45. The maximum absolute atomic E-state index is 11.5. The number of hydrogen-bond donors (Lipinski definition) is 1. The molecule has 2 amide bonds. The number of rotatable bonds is 4. The standard InChI is InChI=1S/C10H19N3O2/c1-12(2)9(14)7-11-8-10(15)13-5-3-4-6-13/h11H,3-8H2,1-2H3. The SMILES string of the molecule is CN(C)C(=O)CNCC(=O)N1CCCC1. The fourth-order valence-electron chi connectivity index (χ4n) is 1.51. The third kappa shape index (κ3) is 3.87. The molecule has 5 nitrogen and oxygen atoms in total. The highest BCUT2D eigenvalue weighted by Crippen LogP contribution is 2.06. The van der Waals surface area contributed by atoms with Gasteiger partial charge in [0.1, 0.15) is 0 Å². The molecule has 1 aliphatic rings. The van der Waals surface area contributed by atoms with Gasteiger partial charge in [-0.25, -0.2) is 0 Å². The number of nitrogens with one attached hydrogen (secondary N) is 1. The van der Waals surface area contributed by atoms with E-state index in [0.717, 1.165) is 25.9 Å². The molecule has 1 rings (SSSR count). The second-order valence-electron chi connectivity index (χ2n) is 3.98. The van der Waals surface area contributed by atoms with Crippen LogP contribution in [0.25, 0.3) is 0 Å². The Labute approximate surface area is 90.4 Å². The first-order chi connectivity index (χ1) is 7.11. The average molecular weight is 213 g/mol. The van der Waals surface area contributed by atoms with E-state index >= 15 is 0 Å². The van der Waals surface area contributed by atoms with Crippen LogP contribution in [0, 0.1) is 0 Å². The molecule has 0 spiro atoms. The molecule has 0 unspecified atom stereocenters. The highest BCUT2D eigenvalue weighted by atomic mass is 16.2. The number of carbonyl (C=O) groups is 2. The molecule has 1 heterocycles. The molecule has 0 radical (unpaired) electrons. The Hall–Kier alpha value is -1.10. The van der Waals surface area contributed by atoms with Crippen molar-refractivity contribution in [2.75, 3.05) is 40.3 Å². The number of amides is 2. The summed E-state index contributed by atoms with van der Waals surface area (Å²) in [4.78, 5) is 26.1. The van der Waals surface area contributed by atoms with Gasteiger partial charge < -0.3 is 9.80 Å². The minimum Gasteiger partial charge on any atom is -0.348 e. The quantitative estimate of drug-likeness (QED) is 0.671. The second kappa shape index (κ2) is 5.70. The van der Waals surface area contributed by atoms with Gasteiger partial charge in [0.25, 0.3) is 0 Å². The lowest BCUT2D eigenvalue weighted by molar-refractivity contribution is -0.130. The predicted octanol–water partition coefficient (Wildman–Crippen LogP) is -0.713. The van der Waals surface area contributed by atoms with E-state index in [2.05, 4.69) is 5.32 Å². The number of likely N-dealkylation sites (tertiary alicyclic amines) is 1. The first-order valence-corrected chi connectivity index (χ1v) is 5.30. The van der Waals surface area contributed by atoms with E-state index in [9.17, 15) is 9.59 Å². The van der Waals surface area contributed by atoms with Crippen LogP contribution in [-0.2, 0) is 9.59 Å². The summed E-state index contributed by atoms with van der Waals surface area (Å²) in [6.45, 7) is 2.22. The smallest absolute Gasteiger partial charge is 0.236 e. The highest BCUT2D eigenvalue weighted by molar-refractivity contribution is 5.81. The maximum Gasteiger partial charge on any atom is 0.236 e. The van der Waals surface area contributed by atoms with Crippen molar-refractivity contribution in [2.45, 2.75) is 12.8 Å². The van der Waals surface area contributed by atoms with E-state index in [1.54, 1.807) is 14.1 Å². The summed E-state index contributed by atoms with van der Waals surface area (Å²) >= 11 is 0. The first kappa shape index (κ1) is 12.0. The molecule has 0 aromatic heterocycles. The van der Waals surface area contributed by atoms with Crippen LogP contribution in [0.1, 0.15) is 12.8 Å². The Morgan fingerprint density at radius 3 is 2.33 bits per heavy atom. The maximum atomic E-state index is 11.5. The van der Waals surface area contributed by atoms with Crippen LogP contribution in [0.4, 0.5) is 0 Å². The van der Waals surface area contributed by atoms with Crippen molar-refractivity contribution < 1.29 is 9.59 Å². The molecule has 1 N–H and O–H groups in total. The molecule has 1 aliphatic heterocycles. The van der Waals surface area contributed by atoms with Crippen molar-refractivity contribution in [1.29, 1.82) is 0 Å². The van der Waals surface area contributed by atoms with Gasteiger partial charge in [0.15, 0.2) is 0 Å². The average Bonchev–Trinajstić information content (AvgIpc) is 2.70. The summed E-state index contributed by atoms with van der Waals surface area (Å²) in [6.07, 6.45) is 2.20. The third-order valence-electron chi connectivity index (χ3n) is 2.51. The summed E-state index contributed by atoms with van der Waals surface area (Å²) < 4.78 is 0. The molecule has 15 heavy (non-hydrogen) atoms. The molecule has 0 aliphatic carbocycles. The van der Waals surface area contributed by atoms with Crippen molar-refractivity contribution in [3.05, 3.63) is 0 Å². The Kier molecular flexibility index (Phi) is 4.55. The number of nitrogens with zero attached hydrogens (tertiary/aromatic N) is 2. The molecular weight excluding hydrogens is 194 g/mol. The molecule has 5 heteroatoms. The molecule has 0 atom stereocenters. The molecule has 0 bridgehead atoms. The Balaban J connectivity index is 2.14. The van der Waals surface area contributed by atoms with Crippen LogP contribution in [0.2, 0.25) is 0 Å². The van der Waals surface area contributed by atoms with Crippen LogP contribution >= 0.6 is 0 Å². The van der Waals surface area contributed by atoms with E-state index in [4.69, 9.17) is 0 Å². The van der Waals surface area contributed by atoms with Gasteiger partial charge in [0.05, 0.1) is 13.1 Å². The van der Waals surface area contributed by atoms with Crippen LogP contribution in [0.15, 0.2) is 0 Å². The van der Waals surface area contributed by atoms with Crippen molar-refractivity contribution >= 4 is 11.8 Å². The van der Waals surface area contributed by atoms with Crippen LogP contribution in [0.3, 0.4) is 0 Å². The highest BCUT2D eigenvalue weighted by Gasteiger charge is 2.17. The third-order valence-corrected chi connectivity index (χ3v) is 2.51. The summed E-state index contributed by atoms with van der Waals surface area (Å²) in [7, 11) is 3.40. The second-order valence-corrected chi connectivity index (χ2v) is 3.98. The van der Waals surface area contributed by atoms with Crippen molar-refractivity contribution in [3.8, 4) is 0 Å². The lowest BCUT2D eigenvalue weighted by atomic mass is 10.4. The minimum absolute atomic E-state index is 0.00998. The fourth-order valence-corrected chi connectivity index (χ4v) is 1.51. The molecule has 0 saturated carbocycles. The Morgan fingerprint density at radius 1 is 1.20 bits per heavy atom. The van der Waals surface area contributed by atoms with Crippen molar-refractivity contribution in [3.63, 3.8) is 0 Å². The van der Waals surface area contributed by atoms with E-state index in [1.807, 2.05) is 4.90 Å². The summed E-state index contributed by atoms with van der Waals surface area (Å²) in [5.41, 5.74) is 0. The monoisotopic (exact) mass is 213 g/mol. The zero-order valence-electron chi connectivity index (χ0n) is 9.45. The van der Waals surface area contributed by atoms with Crippen molar-refractivity contribution in [2.24, 2.45) is 0 Å². The van der Waals surface area contributed by atoms with Gasteiger partial charge in [-0.2, -0.15) is 0 Å². The van der Waals surface area contributed by atoms with Gasteiger partial charge in [-0.1, -0.05) is 0 Å². The van der Waals surface area contributed by atoms with Crippen LogP contribution < -0.4 is 5.32 Å². The molecule has 1 fully saturated rings. The number of likely N-dealkylation sites (N-methyl/N-ethyl adjacent to an activating group) is 1. The van der Waals surface area contributed by atoms with Gasteiger partial charge in [-0.3, -0.25) is 14.9 Å². The van der Waals surface area contributed by atoms with Crippen LogP contribution in [0.5, 0.6) is 0 Å². The predicted molar refractivity (Wildman–Crippen MR) is 57.4 cm³/mol. The molecule has 0 aromatic rings. The summed E-state index contributed by atoms with van der Waals surface area (Å²) in [6, 6.07) is 0. The van der Waals surface area contributed by atoms with Gasteiger partial charge in [0.2, 0.25) is 11.8 Å². The molecule has 0 aromatic carbocycles. The number of carbonyl (C=O) groups excluding carboxylic acids is 2. The van der Waals surface area contributed by atoms with E-state index in [0.29, 0.717) is 0 Å². The van der Waals surface area contributed by atoms with Gasteiger partial charge in [-0.05, 0) is 12.8 Å².